The number of hydrogen-bond acceptors (Lipinski definition) is 3. The fraction of sp³-hybridized carbons (Fsp3) is 0.667. The Balaban J connectivity index is 1.90. The first kappa shape index (κ1) is 16.2. The molecule has 1 aliphatic rings. The van der Waals surface area contributed by atoms with Crippen molar-refractivity contribution in [2.24, 2.45) is 17.6 Å². The van der Waals surface area contributed by atoms with E-state index in [1.54, 1.807) is 0 Å². The molecule has 0 radical (unpaired) electrons. The number of anilines is 1. The molecular formula is C18H30N2O. The molecule has 21 heavy (non-hydrogen) atoms. The summed E-state index contributed by atoms with van der Waals surface area (Å²) >= 11 is 0. The van der Waals surface area contributed by atoms with Crippen molar-refractivity contribution in [1.29, 1.82) is 0 Å². The van der Waals surface area contributed by atoms with Crippen LogP contribution in [0.15, 0.2) is 24.3 Å². The fourth-order valence-electron chi connectivity index (χ4n) is 3.20. The third kappa shape index (κ3) is 4.63. The maximum atomic E-state index is 5.82. The Morgan fingerprint density at radius 3 is 2.81 bits per heavy atom. The van der Waals surface area contributed by atoms with Crippen LogP contribution in [0.4, 0.5) is 5.69 Å². The quantitative estimate of drug-likeness (QED) is 0.832. The average Bonchev–Trinajstić information content (AvgIpc) is 2.69. The van der Waals surface area contributed by atoms with E-state index >= 15 is 0 Å². The van der Waals surface area contributed by atoms with E-state index in [9.17, 15) is 0 Å². The van der Waals surface area contributed by atoms with Gasteiger partial charge in [-0.05, 0) is 56.2 Å². The molecule has 0 spiro atoms. The normalized spacial score (nSPS) is 16.3. The van der Waals surface area contributed by atoms with Gasteiger partial charge < -0.3 is 15.4 Å². The zero-order chi connectivity index (χ0) is 15.1. The molecule has 1 atom stereocenters. The van der Waals surface area contributed by atoms with Gasteiger partial charge in [0.2, 0.25) is 0 Å². The van der Waals surface area contributed by atoms with Crippen molar-refractivity contribution in [2.45, 2.75) is 39.5 Å². The van der Waals surface area contributed by atoms with E-state index in [0.29, 0.717) is 0 Å². The highest BCUT2D eigenvalue weighted by molar-refractivity contribution is 5.58. The van der Waals surface area contributed by atoms with Gasteiger partial charge in [-0.3, -0.25) is 0 Å². The van der Waals surface area contributed by atoms with Crippen molar-refractivity contribution in [3.63, 3.8) is 0 Å². The van der Waals surface area contributed by atoms with Gasteiger partial charge in [-0.25, -0.2) is 0 Å². The summed E-state index contributed by atoms with van der Waals surface area (Å²) in [5.74, 6) is 2.53. The van der Waals surface area contributed by atoms with E-state index < -0.39 is 0 Å². The molecule has 0 saturated carbocycles. The Morgan fingerprint density at radius 2 is 2.05 bits per heavy atom. The number of para-hydroxylation sites is 2. The van der Waals surface area contributed by atoms with Crippen molar-refractivity contribution < 1.29 is 4.74 Å². The van der Waals surface area contributed by atoms with Crippen LogP contribution in [-0.2, 0) is 0 Å². The Labute approximate surface area is 129 Å². The van der Waals surface area contributed by atoms with Gasteiger partial charge in [-0.15, -0.1) is 0 Å². The summed E-state index contributed by atoms with van der Waals surface area (Å²) in [6.07, 6.45) is 4.76. The molecule has 1 heterocycles. The highest BCUT2D eigenvalue weighted by atomic mass is 16.5. The molecule has 3 nitrogen and oxygen atoms in total. The summed E-state index contributed by atoms with van der Waals surface area (Å²) < 4.78 is 5.82. The zero-order valence-corrected chi connectivity index (χ0v) is 13.6. The highest BCUT2D eigenvalue weighted by Gasteiger charge is 2.17. The van der Waals surface area contributed by atoms with Gasteiger partial charge in [0.05, 0.1) is 12.3 Å². The first-order valence-corrected chi connectivity index (χ1v) is 8.39. The number of rotatable bonds is 7. The second kappa shape index (κ2) is 8.28. The lowest BCUT2D eigenvalue weighted by Gasteiger charge is -2.26. The maximum Gasteiger partial charge on any atom is 0.142 e. The Hall–Kier alpha value is -1.22. The molecule has 2 N–H and O–H groups in total. The van der Waals surface area contributed by atoms with Crippen LogP contribution in [0.2, 0.25) is 0 Å². The van der Waals surface area contributed by atoms with Gasteiger partial charge in [-0.1, -0.05) is 26.0 Å². The third-order valence-electron chi connectivity index (χ3n) is 4.52. The lowest BCUT2D eigenvalue weighted by Crippen LogP contribution is -2.26. The van der Waals surface area contributed by atoms with Crippen LogP contribution in [0.5, 0.6) is 5.75 Å². The second-order valence-electron chi connectivity index (χ2n) is 6.38. The van der Waals surface area contributed by atoms with E-state index in [1.807, 2.05) is 0 Å². The molecule has 0 saturated heterocycles. The predicted molar refractivity (Wildman–Crippen MR) is 90.0 cm³/mol. The van der Waals surface area contributed by atoms with Crippen molar-refractivity contribution >= 4 is 5.69 Å². The summed E-state index contributed by atoms with van der Waals surface area (Å²) in [7, 11) is 0. The van der Waals surface area contributed by atoms with Crippen molar-refractivity contribution in [3.8, 4) is 5.75 Å². The summed E-state index contributed by atoms with van der Waals surface area (Å²) in [6, 6.07) is 8.42. The minimum absolute atomic E-state index is 0.730. The summed E-state index contributed by atoms with van der Waals surface area (Å²) in [4.78, 5) is 2.49. The van der Waals surface area contributed by atoms with Crippen molar-refractivity contribution in [2.75, 3.05) is 31.1 Å². The van der Waals surface area contributed by atoms with Crippen LogP contribution < -0.4 is 15.4 Å². The minimum Gasteiger partial charge on any atom is -0.491 e. The zero-order valence-electron chi connectivity index (χ0n) is 13.6. The number of nitrogens with zero attached hydrogens (tertiary/aromatic N) is 1. The number of fused-ring (bicyclic) bond motifs is 1. The topological polar surface area (TPSA) is 38.5 Å². The average molecular weight is 290 g/mol. The Morgan fingerprint density at radius 1 is 1.24 bits per heavy atom. The standard InChI is InChI=1S/C18H30N2O/c1-15(2)16(10-11-19)7-5-12-20-13-6-14-21-18-9-4-3-8-17(18)20/h3-4,8-9,15-16H,5-7,10-14,19H2,1-2H3. The Bertz CT molecular complexity index is 419. The van der Waals surface area contributed by atoms with Crippen molar-refractivity contribution in [1.82, 2.24) is 0 Å². The van der Waals surface area contributed by atoms with E-state index in [0.717, 1.165) is 56.7 Å². The largest absolute Gasteiger partial charge is 0.491 e. The lowest BCUT2D eigenvalue weighted by molar-refractivity contribution is 0.321. The molecule has 0 aliphatic carbocycles. The lowest BCUT2D eigenvalue weighted by atomic mass is 9.88. The summed E-state index contributed by atoms with van der Waals surface area (Å²) in [5.41, 5.74) is 7.00. The van der Waals surface area contributed by atoms with Crippen LogP contribution in [0.3, 0.4) is 0 Å². The van der Waals surface area contributed by atoms with Gasteiger partial charge in [-0.2, -0.15) is 0 Å². The summed E-state index contributed by atoms with van der Waals surface area (Å²) in [5, 5.41) is 0. The molecule has 0 bridgehead atoms. The van der Waals surface area contributed by atoms with Crippen LogP contribution in [0.25, 0.3) is 0 Å². The molecular weight excluding hydrogens is 260 g/mol. The molecule has 0 amide bonds. The molecule has 1 aromatic rings. The van der Waals surface area contributed by atoms with Crippen LogP contribution in [0.1, 0.15) is 39.5 Å². The smallest absolute Gasteiger partial charge is 0.142 e. The molecule has 1 unspecified atom stereocenters. The number of hydrogen-bond donors (Lipinski definition) is 1. The van der Waals surface area contributed by atoms with E-state index in [1.165, 1.54) is 18.5 Å². The third-order valence-corrected chi connectivity index (χ3v) is 4.52. The molecule has 118 valence electrons. The molecule has 2 rings (SSSR count). The first-order chi connectivity index (χ1) is 10.2. The first-order valence-electron chi connectivity index (χ1n) is 8.39. The van der Waals surface area contributed by atoms with Gasteiger partial charge in [0, 0.05) is 13.1 Å². The van der Waals surface area contributed by atoms with Crippen LogP contribution in [-0.4, -0.2) is 26.2 Å². The van der Waals surface area contributed by atoms with Gasteiger partial charge in [0.25, 0.3) is 0 Å². The number of ether oxygens (including phenoxy) is 1. The SMILES string of the molecule is CC(C)C(CCN)CCCN1CCCOc2ccccc21. The maximum absolute atomic E-state index is 5.82. The van der Waals surface area contributed by atoms with Gasteiger partial charge in [0.1, 0.15) is 5.75 Å². The molecule has 1 aliphatic heterocycles. The molecule has 3 heteroatoms. The molecule has 0 aromatic heterocycles. The van der Waals surface area contributed by atoms with E-state index in [4.69, 9.17) is 10.5 Å². The number of benzene rings is 1. The van der Waals surface area contributed by atoms with Gasteiger partial charge >= 0.3 is 0 Å². The van der Waals surface area contributed by atoms with E-state index in [-0.39, 0.29) is 0 Å². The second-order valence-corrected chi connectivity index (χ2v) is 6.38. The minimum atomic E-state index is 0.730. The van der Waals surface area contributed by atoms with E-state index in [2.05, 4.69) is 43.0 Å². The highest BCUT2D eigenvalue weighted by Crippen LogP contribution is 2.31. The monoisotopic (exact) mass is 290 g/mol. The Kier molecular flexibility index (Phi) is 6.37. The fourth-order valence-corrected chi connectivity index (χ4v) is 3.20. The molecule has 1 aromatic carbocycles. The van der Waals surface area contributed by atoms with Crippen molar-refractivity contribution in [3.05, 3.63) is 24.3 Å². The van der Waals surface area contributed by atoms with Crippen LogP contribution in [0, 0.1) is 11.8 Å². The van der Waals surface area contributed by atoms with Crippen LogP contribution >= 0.6 is 0 Å². The number of nitrogens with two attached hydrogens (primary N) is 1. The summed E-state index contributed by atoms with van der Waals surface area (Å²) in [6.45, 7) is 8.48. The predicted octanol–water partition coefficient (Wildman–Crippen LogP) is 3.68. The van der Waals surface area contributed by atoms with Gasteiger partial charge in [0.15, 0.2) is 0 Å². The molecule has 0 fully saturated rings.